The first kappa shape index (κ1) is 27.0. The molecule has 0 bridgehead atoms. The lowest BCUT2D eigenvalue weighted by atomic mass is 10.1. The summed E-state index contributed by atoms with van der Waals surface area (Å²) >= 11 is 1.48. The summed E-state index contributed by atoms with van der Waals surface area (Å²) in [6.07, 6.45) is -0.338. The Morgan fingerprint density at radius 1 is 0.974 bits per heavy atom. The number of ether oxygens (including phenoxy) is 1. The lowest BCUT2D eigenvalue weighted by molar-refractivity contribution is -0.118. The second-order valence-corrected chi connectivity index (χ2v) is 11.2. The summed E-state index contributed by atoms with van der Waals surface area (Å²) in [5, 5.41) is 6.57. The van der Waals surface area contributed by atoms with E-state index in [2.05, 4.69) is 15.6 Å². The summed E-state index contributed by atoms with van der Waals surface area (Å²) in [6.45, 7) is 7.33. The van der Waals surface area contributed by atoms with Crippen LogP contribution in [-0.4, -0.2) is 28.6 Å². The lowest BCUT2D eigenvalue weighted by Crippen LogP contribution is -2.47. The number of carbonyl (C=O) groups excluding carboxylic acids is 2. The van der Waals surface area contributed by atoms with Crippen LogP contribution in [0.25, 0.3) is 10.9 Å². The molecule has 0 spiro atoms. The van der Waals surface area contributed by atoms with Gasteiger partial charge in [-0.05, 0) is 69.7 Å². The molecule has 196 valence electrons. The second kappa shape index (κ2) is 11.6. The molecule has 0 aliphatic carbocycles. The number of aromatic nitrogens is 1. The average molecular weight is 530 g/mol. The van der Waals surface area contributed by atoms with Crippen molar-refractivity contribution in [3.63, 3.8) is 0 Å². The van der Waals surface area contributed by atoms with E-state index in [1.54, 1.807) is 39.0 Å². The molecule has 0 fully saturated rings. The van der Waals surface area contributed by atoms with Gasteiger partial charge in [0.1, 0.15) is 11.6 Å². The van der Waals surface area contributed by atoms with E-state index in [9.17, 15) is 14.4 Å². The summed E-state index contributed by atoms with van der Waals surface area (Å²) in [4.78, 5) is 42.4. The van der Waals surface area contributed by atoms with E-state index < -0.39 is 17.7 Å². The Bertz CT molecular complexity index is 1490. The number of anilines is 1. The van der Waals surface area contributed by atoms with E-state index in [0.29, 0.717) is 12.1 Å². The summed E-state index contributed by atoms with van der Waals surface area (Å²) in [7, 11) is 0. The molecule has 0 aliphatic heterocycles. The number of aryl methyl sites for hydroxylation is 1. The number of H-pyrrole nitrogens is 1. The Balaban J connectivity index is 1.48. The Morgan fingerprint density at radius 2 is 1.68 bits per heavy atom. The predicted octanol–water partition coefficient (Wildman–Crippen LogP) is 6.06. The molecule has 8 heteroatoms. The van der Waals surface area contributed by atoms with Crippen LogP contribution in [0.2, 0.25) is 0 Å². The molecular weight excluding hydrogens is 498 g/mol. The monoisotopic (exact) mass is 529 g/mol. The third-order valence-electron chi connectivity index (χ3n) is 5.60. The third kappa shape index (κ3) is 7.49. The van der Waals surface area contributed by atoms with Crippen molar-refractivity contribution in [2.45, 2.75) is 55.5 Å². The first-order chi connectivity index (χ1) is 18.1. The van der Waals surface area contributed by atoms with E-state index in [1.807, 2.05) is 67.6 Å². The van der Waals surface area contributed by atoms with E-state index in [0.717, 1.165) is 31.8 Å². The molecule has 3 aromatic carbocycles. The standard InChI is InChI=1S/C30H31N3O4S/c1-19-10-15-24-23(16-19)26(18-27(34)32-24)38-22-13-11-21(12-14-22)31-28(35)25(17-20-8-6-5-7-9-20)33-29(36)37-30(2,3)4/h5-16,18,25H,17H2,1-4H3,(H,31,35)(H,32,34)(H,33,36). The molecular formula is C30H31N3O4S. The number of carbonyl (C=O) groups is 2. The number of hydrogen-bond donors (Lipinski definition) is 3. The lowest BCUT2D eigenvalue weighted by Gasteiger charge is -2.23. The minimum atomic E-state index is -0.827. The van der Waals surface area contributed by atoms with Crippen LogP contribution in [0.1, 0.15) is 31.9 Å². The molecule has 4 rings (SSSR count). The van der Waals surface area contributed by atoms with E-state index in [-0.39, 0.29) is 11.5 Å². The van der Waals surface area contributed by atoms with Crippen LogP contribution in [0.3, 0.4) is 0 Å². The summed E-state index contributed by atoms with van der Waals surface area (Å²) in [5.41, 5.74) is 2.56. The smallest absolute Gasteiger partial charge is 0.408 e. The molecule has 0 radical (unpaired) electrons. The summed E-state index contributed by atoms with van der Waals surface area (Å²) < 4.78 is 5.37. The van der Waals surface area contributed by atoms with Gasteiger partial charge in [0.25, 0.3) is 0 Å². The fourth-order valence-electron chi connectivity index (χ4n) is 3.89. The zero-order valence-electron chi connectivity index (χ0n) is 21.8. The van der Waals surface area contributed by atoms with Crippen molar-refractivity contribution >= 4 is 40.4 Å². The highest BCUT2D eigenvalue weighted by Crippen LogP contribution is 2.33. The van der Waals surface area contributed by atoms with Gasteiger partial charge in [0.15, 0.2) is 0 Å². The van der Waals surface area contributed by atoms with Gasteiger partial charge in [-0.3, -0.25) is 9.59 Å². The Hall–Kier alpha value is -4.04. The highest BCUT2D eigenvalue weighted by atomic mass is 32.2. The normalized spacial score (nSPS) is 12.1. The van der Waals surface area contributed by atoms with Crippen molar-refractivity contribution in [3.8, 4) is 0 Å². The highest BCUT2D eigenvalue weighted by Gasteiger charge is 2.25. The predicted molar refractivity (Wildman–Crippen MR) is 152 cm³/mol. The van der Waals surface area contributed by atoms with Crippen molar-refractivity contribution < 1.29 is 14.3 Å². The van der Waals surface area contributed by atoms with Crippen LogP contribution in [0.4, 0.5) is 10.5 Å². The molecule has 2 amide bonds. The number of alkyl carbamates (subject to hydrolysis) is 1. The van der Waals surface area contributed by atoms with E-state index >= 15 is 0 Å². The van der Waals surface area contributed by atoms with Crippen molar-refractivity contribution in [2.75, 3.05) is 5.32 Å². The van der Waals surface area contributed by atoms with Crippen molar-refractivity contribution in [1.29, 1.82) is 0 Å². The highest BCUT2D eigenvalue weighted by molar-refractivity contribution is 7.99. The van der Waals surface area contributed by atoms with Gasteiger partial charge in [-0.2, -0.15) is 0 Å². The number of nitrogens with one attached hydrogen (secondary N) is 3. The zero-order valence-corrected chi connectivity index (χ0v) is 22.6. The van der Waals surface area contributed by atoms with Crippen LogP contribution < -0.4 is 16.2 Å². The average Bonchev–Trinajstić information content (AvgIpc) is 2.84. The number of benzene rings is 3. The van der Waals surface area contributed by atoms with Crippen molar-refractivity contribution in [3.05, 3.63) is 100 Å². The van der Waals surface area contributed by atoms with Crippen LogP contribution in [0.5, 0.6) is 0 Å². The topological polar surface area (TPSA) is 100 Å². The molecule has 0 saturated carbocycles. The fraction of sp³-hybridized carbons (Fsp3) is 0.233. The van der Waals surface area contributed by atoms with Gasteiger partial charge < -0.3 is 20.4 Å². The second-order valence-electron chi connectivity index (χ2n) is 10.1. The first-order valence-corrected chi connectivity index (χ1v) is 13.1. The van der Waals surface area contributed by atoms with Gasteiger partial charge in [-0.1, -0.05) is 53.7 Å². The van der Waals surface area contributed by atoms with Gasteiger partial charge in [0.2, 0.25) is 11.5 Å². The molecule has 1 atom stereocenters. The number of rotatable bonds is 7. The first-order valence-electron chi connectivity index (χ1n) is 12.3. The molecule has 0 aliphatic rings. The number of hydrogen-bond acceptors (Lipinski definition) is 5. The number of amides is 2. The maximum Gasteiger partial charge on any atom is 0.408 e. The molecule has 3 N–H and O–H groups in total. The molecule has 1 unspecified atom stereocenters. The van der Waals surface area contributed by atoms with Gasteiger partial charge in [-0.15, -0.1) is 0 Å². The van der Waals surface area contributed by atoms with Crippen molar-refractivity contribution in [2.24, 2.45) is 0 Å². The quantitative estimate of drug-likeness (QED) is 0.270. The Kier molecular flexibility index (Phi) is 8.22. The molecule has 0 saturated heterocycles. The van der Waals surface area contributed by atoms with Crippen molar-refractivity contribution in [1.82, 2.24) is 10.3 Å². The largest absolute Gasteiger partial charge is 0.444 e. The van der Waals surface area contributed by atoms with Gasteiger partial charge in [0, 0.05) is 38.9 Å². The van der Waals surface area contributed by atoms with Gasteiger partial charge >= 0.3 is 6.09 Å². The van der Waals surface area contributed by atoms with Crippen LogP contribution in [0.15, 0.2) is 93.4 Å². The molecule has 7 nitrogen and oxygen atoms in total. The fourth-order valence-corrected chi connectivity index (χ4v) is 4.86. The summed E-state index contributed by atoms with van der Waals surface area (Å²) in [5.74, 6) is -0.351. The van der Waals surface area contributed by atoms with Crippen LogP contribution >= 0.6 is 11.8 Å². The molecule has 1 heterocycles. The zero-order chi connectivity index (χ0) is 27.3. The number of fused-ring (bicyclic) bond motifs is 1. The van der Waals surface area contributed by atoms with E-state index in [1.165, 1.54) is 11.8 Å². The summed E-state index contributed by atoms with van der Waals surface area (Å²) in [6, 6.07) is 23.5. The minimum absolute atomic E-state index is 0.158. The number of pyridine rings is 1. The van der Waals surface area contributed by atoms with Crippen LogP contribution in [-0.2, 0) is 16.0 Å². The Labute approximate surface area is 226 Å². The van der Waals surface area contributed by atoms with Gasteiger partial charge in [-0.25, -0.2) is 4.79 Å². The maximum atomic E-state index is 13.2. The van der Waals surface area contributed by atoms with Gasteiger partial charge in [0.05, 0.1) is 0 Å². The van der Waals surface area contributed by atoms with Crippen LogP contribution in [0, 0.1) is 6.92 Å². The third-order valence-corrected chi connectivity index (χ3v) is 6.67. The molecule has 38 heavy (non-hydrogen) atoms. The Morgan fingerprint density at radius 3 is 2.37 bits per heavy atom. The maximum absolute atomic E-state index is 13.2. The molecule has 1 aromatic heterocycles. The molecule has 4 aromatic rings. The number of aromatic amines is 1. The minimum Gasteiger partial charge on any atom is -0.444 e. The van der Waals surface area contributed by atoms with E-state index in [4.69, 9.17) is 4.74 Å². The SMILES string of the molecule is Cc1ccc2[nH]c(=O)cc(Sc3ccc(NC(=O)C(Cc4ccccc4)NC(=O)OC(C)(C)C)cc3)c2c1.